The molecule has 0 amide bonds. The molecule has 0 radical (unpaired) electrons. The summed E-state index contributed by atoms with van der Waals surface area (Å²) in [5.74, 6) is 0. The van der Waals surface area contributed by atoms with Crippen molar-refractivity contribution >= 4 is 21.8 Å². The van der Waals surface area contributed by atoms with Crippen molar-refractivity contribution in [2.75, 3.05) is 0 Å². The molecular weight excluding hydrogens is 409 g/mol. The maximum absolute atomic E-state index is 12.8. The first-order valence-corrected chi connectivity index (χ1v) is 10.4. The van der Waals surface area contributed by atoms with Crippen molar-refractivity contribution in [2.45, 2.75) is 21.3 Å². The Hall–Kier alpha value is -2.36. The number of nitrogens with one attached hydrogen (secondary N) is 1. The monoisotopic (exact) mass is 424 g/mol. The number of alkyl halides is 3. The highest BCUT2D eigenvalue weighted by molar-refractivity contribution is 8.00. The second kappa shape index (κ2) is 8.34. The van der Waals surface area contributed by atoms with E-state index in [1.807, 2.05) is 6.07 Å². The smallest absolute Gasteiger partial charge is 0.259 e. The Labute approximate surface area is 164 Å². The molecule has 0 aliphatic carbocycles. The standard InChI is InChI=1S/C19H15F3N2O2S2/c20-19(21,22)27-15-9-11-16(12-10-15)28(25,26)24-18(14-6-2-1-3-7-14)17-8-4-5-13-23-17/h1-13,18,24H. The van der Waals surface area contributed by atoms with Gasteiger partial charge in [-0.15, -0.1) is 0 Å². The van der Waals surface area contributed by atoms with Crippen LogP contribution in [0.3, 0.4) is 0 Å². The van der Waals surface area contributed by atoms with Crippen LogP contribution < -0.4 is 4.72 Å². The van der Waals surface area contributed by atoms with Gasteiger partial charge in [0.25, 0.3) is 0 Å². The number of halogens is 3. The molecule has 1 unspecified atom stereocenters. The van der Waals surface area contributed by atoms with E-state index in [2.05, 4.69) is 9.71 Å². The van der Waals surface area contributed by atoms with Crippen LogP contribution in [-0.2, 0) is 10.0 Å². The average Bonchev–Trinajstić information content (AvgIpc) is 2.67. The zero-order valence-corrected chi connectivity index (χ0v) is 15.9. The fraction of sp³-hybridized carbons (Fsp3) is 0.105. The van der Waals surface area contributed by atoms with Crippen molar-refractivity contribution < 1.29 is 21.6 Å². The van der Waals surface area contributed by atoms with Crippen LogP contribution in [0.15, 0.2) is 88.8 Å². The maximum atomic E-state index is 12.8. The molecule has 0 saturated carbocycles. The van der Waals surface area contributed by atoms with Crippen molar-refractivity contribution in [1.29, 1.82) is 0 Å². The Balaban J connectivity index is 1.90. The molecule has 4 nitrogen and oxygen atoms in total. The highest BCUT2D eigenvalue weighted by atomic mass is 32.2. The summed E-state index contributed by atoms with van der Waals surface area (Å²) in [5.41, 5.74) is -3.24. The summed E-state index contributed by atoms with van der Waals surface area (Å²) in [5, 5.41) is 0. The second-order valence-electron chi connectivity index (χ2n) is 5.74. The summed E-state index contributed by atoms with van der Waals surface area (Å²) >= 11 is -0.298. The van der Waals surface area contributed by atoms with Crippen LogP contribution in [-0.4, -0.2) is 18.9 Å². The Morgan fingerprint density at radius 3 is 2.11 bits per heavy atom. The van der Waals surface area contributed by atoms with Crippen molar-refractivity contribution in [1.82, 2.24) is 9.71 Å². The molecule has 0 aliphatic heterocycles. The molecule has 9 heteroatoms. The molecule has 0 aliphatic rings. The first-order chi connectivity index (χ1) is 13.2. The first kappa shape index (κ1) is 20.4. The van der Waals surface area contributed by atoms with Gasteiger partial charge in [0.1, 0.15) is 0 Å². The zero-order valence-electron chi connectivity index (χ0n) is 14.3. The molecular formula is C19H15F3N2O2S2. The number of hydrogen-bond donors (Lipinski definition) is 1. The minimum atomic E-state index is -4.43. The topological polar surface area (TPSA) is 59.1 Å². The molecule has 0 saturated heterocycles. The molecule has 1 heterocycles. The van der Waals surface area contributed by atoms with E-state index in [1.54, 1.807) is 48.7 Å². The van der Waals surface area contributed by atoms with Crippen LogP contribution in [0.2, 0.25) is 0 Å². The number of nitrogens with zero attached hydrogens (tertiary/aromatic N) is 1. The van der Waals surface area contributed by atoms with Crippen molar-refractivity contribution in [3.63, 3.8) is 0 Å². The van der Waals surface area contributed by atoms with E-state index in [-0.39, 0.29) is 21.6 Å². The first-order valence-electron chi connectivity index (χ1n) is 8.09. The summed E-state index contributed by atoms with van der Waals surface area (Å²) in [4.78, 5) is 4.02. The lowest BCUT2D eigenvalue weighted by Gasteiger charge is -2.19. The number of hydrogen-bond acceptors (Lipinski definition) is 4. The van der Waals surface area contributed by atoms with E-state index < -0.39 is 21.6 Å². The van der Waals surface area contributed by atoms with E-state index >= 15 is 0 Å². The van der Waals surface area contributed by atoms with E-state index in [4.69, 9.17) is 0 Å². The third kappa shape index (κ3) is 5.34. The number of benzene rings is 2. The van der Waals surface area contributed by atoms with Crippen LogP contribution in [0.4, 0.5) is 13.2 Å². The molecule has 3 aromatic rings. The summed E-state index contributed by atoms with van der Waals surface area (Å²) in [6.07, 6.45) is 1.56. The van der Waals surface area contributed by atoms with Gasteiger partial charge in [0.05, 0.1) is 16.6 Å². The molecule has 2 aromatic carbocycles. The van der Waals surface area contributed by atoms with Gasteiger partial charge in [0, 0.05) is 11.1 Å². The van der Waals surface area contributed by atoms with Crippen LogP contribution >= 0.6 is 11.8 Å². The fourth-order valence-electron chi connectivity index (χ4n) is 2.54. The highest BCUT2D eigenvalue weighted by Crippen LogP contribution is 2.37. The second-order valence-corrected chi connectivity index (χ2v) is 8.59. The molecule has 146 valence electrons. The number of rotatable bonds is 6. The van der Waals surface area contributed by atoms with Gasteiger partial charge in [0.15, 0.2) is 0 Å². The van der Waals surface area contributed by atoms with Crippen LogP contribution in [0, 0.1) is 0 Å². The van der Waals surface area contributed by atoms with Crippen LogP contribution in [0.5, 0.6) is 0 Å². The lowest BCUT2D eigenvalue weighted by atomic mass is 10.0. The lowest BCUT2D eigenvalue weighted by molar-refractivity contribution is -0.0328. The quantitative estimate of drug-likeness (QED) is 0.580. The molecule has 28 heavy (non-hydrogen) atoms. The molecule has 3 rings (SSSR count). The summed E-state index contributed by atoms with van der Waals surface area (Å²) < 4.78 is 65.6. The Bertz CT molecular complexity index is 971. The van der Waals surface area contributed by atoms with Gasteiger partial charge in [-0.25, -0.2) is 8.42 Å². The minimum Gasteiger partial charge on any atom is -0.259 e. The lowest BCUT2D eigenvalue weighted by Crippen LogP contribution is -2.30. The highest BCUT2D eigenvalue weighted by Gasteiger charge is 2.29. The van der Waals surface area contributed by atoms with E-state index in [9.17, 15) is 21.6 Å². The third-order valence-corrected chi connectivity index (χ3v) is 5.94. The normalized spacial score (nSPS) is 13.2. The molecule has 1 N–H and O–H groups in total. The SMILES string of the molecule is O=S(=O)(NC(c1ccccc1)c1ccccn1)c1ccc(SC(F)(F)F)cc1. The van der Waals surface area contributed by atoms with Gasteiger partial charge in [-0.05, 0) is 53.7 Å². The van der Waals surface area contributed by atoms with Gasteiger partial charge in [-0.1, -0.05) is 36.4 Å². The number of pyridine rings is 1. The van der Waals surface area contributed by atoms with Crippen LogP contribution in [0.1, 0.15) is 17.3 Å². The van der Waals surface area contributed by atoms with Gasteiger partial charge in [-0.2, -0.15) is 17.9 Å². The van der Waals surface area contributed by atoms with E-state index in [0.717, 1.165) is 24.3 Å². The molecule has 0 spiro atoms. The number of aromatic nitrogens is 1. The number of thioether (sulfide) groups is 1. The van der Waals surface area contributed by atoms with Crippen molar-refractivity contribution in [2.24, 2.45) is 0 Å². The third-order valence-electron chi connectivity index (χ3n) is 3.76. The molecule has 1 atom stereocenters. The summed E-state index contributed by atoms with van der Waals surface area (Å²) in [6, 6.07) is 17.9. The van der Waals surface area contributed by atoms with Crippen molar-refractivity contribution in [3.05, 3.63) is 90.3 Å². The van der Waals surface area contributed by atoms with Gasteiger partial charge in [0.2, 0.25) is 10.0 Å². The van der Waals surface area contributed by atoms with Gasteiger partial charge in [-0.3, -0.25) is 4.98 Å². The summed E-state index contributed by atoms with van der Waals surface area (Å²) in [6.45, 7) is 0. The van der Waals surface area contributed by atoms with Gasteiger partial charge >= 0.3 is 5.51 Å². The Morgan fingerprint density at radius 2 is 1.54 bits per heavy atom. The number of sulfonamides is 1. The van der Waals surface area contributed by atoms with E-state index in [0.29, 0.717) is 11.3 Å². The Morgan fingerprint density at radius 1 is 0.893 bits per heavy atom. The van der Waals surface area contributed by atoms with Crippen LogP contribution in [0.25, 0.3) is 0 Å². The van der Waals surface area contributed by atoms with Crippen molar-refractivity contribution in [3.8, 4) is 0 Å². The molecule has 1 aromatic heterocycles. The molecule has 0 bridgehead atoms. The summed E-state index contributed by atoms with van der Waals surface area (Å²) in [7, 11) is -4.00. The predicted octanol–water partition coefficient (Wildman–Crippen LogP) is 4.76. The fourth-order valence-corrected chi connectivity index (χ4v) is 4.27. The Kier molecular flexibility index (Phi) is 6.07. The molecule has 0 fully saturated rings. The van der Waals surface area contributed by atoms with Gasteiger partial charge < -0.3 is 0 Å². The van der Waals surface area contributed by atoms with E-state index in [1.165, 1.54) is 0 Å². The largest absolute Gasteiger partial charge is 0.446 e. The zero-order chi connectivity index (χ0) is 20.2. The maximum Gasteiger partial charge on any atom is 0.446 e. The average molecular weight is 424 g/mol. The minimum absolute atomic E-state index is 0.0872. The predicted molar refractivity (Wildman–Crippen MR) is 101 cm³/mol.